The number of ether oxygens (including phenoxy) is 2. The van der Waals surface area contributed by atoms with Crippen LogP contribution in [-0.4, -0.2) is 17.7 Å². The van der Waals surface area contributed by atoms with E-state index in [0.29, 0.717) is 12.3 Å². The van der Waals surface area contributed by atoms with E-state index in [-0.39, 0.29) is 17.7 Å². The summed E-state index contributed by atoms with van der Waals surface area (Å²) in [5.74, 6) is 1.17. The maximum atomic E-state index is 12.1. The summed E-state index contributed by atoms with van der Waals surface area (Å²) in [5, 5.41) is 0. The predicted octanol–water partition coefficient (Wildman–Crippen LogP) is 6.01. The van der Waals surface area contributed by atoms with Crippen LogP contribution in [0.25, 0.3) is 0 Å². The normalized spacial score (nSPS) is 21.0. The van der Waals surface area contributed by atoms with Crippen molar-refractivity contribution in [2.75, 3.05) is 0 Å². The van der Waals surface area contributed by atoms with Gasteiger partial charge in [0.05, 0.1) is 0 Å². The lowest BCUT2D eigenvalue weighted by Crippen LogP contribution is -2.28. The molecule has 25 heavy (non-hydrogen) atoms. The zero-order valence-electron chi connectivity index (χ0n) is 16.3. The fraction of sp³-hybridized carbons (Fsp3) is 0.682. The van der Waals surface area contributed by atoms with Gasteiger partial charge in [-0.05, 0) is 64.2 Å². The fourth-order valence-corrected chi connectivity index (χ4v) is 3.50. The predicted molar refractivity (Wildman–Crippen MR) is 102 cm³/mol. The van der Waals surface area contributed by atoms with Crippen molar-refractivity contribution in [3.63, 3.8) is 0 Å². The van der Waals surface area contributed by atoms with E-state index >= 15 is 0 Å². The lowest BCUT2D eigenvalue weighted by atomic mass is 9.81. The van der Waals surface area contributed by atoms with Gasteiger partial charge in [0, 0.05) is 12.3 Å². The molecule has 0 amide bonds. The number of benzene rings is 1. The Bertz CT molecular complexity index is 527. The molecule has 0 aliphatic heterocycles. The minimum atomic E-state index is -0.192. The van der Waals surface area contributed by atoms with Crippen LogP contribution in [0.4, 0.5) is 0 Å². The SMILES string of the molecule is CCCCCC(=O)O[C@@H]1CCCC[C@H]1c1ccc(OC(C)(C)C)cc1. The molecule has 2 atom stereocenters. The summed E-state index contributed by atoms with van der Waals surface area (Å²) >= 11 is 0. The van der Waals surface area contributed by atoms with E-state index in [9.17, 15) is 4.79 Å². The number of carbonyl (C=O) groups excluding carboxylic acids is 1. The number of unbranched alkanes of at least 4 members (excludes halogenated alkanes) is 2. The second kappa shape index (κ2) is 9.26. The van der Waals surface area contributed by atoms with Crippen LogP contribution in [-0.2, 0) is 9.53 Å². The summed E-state index contributed by atoms with van der Waals surface area (Å²) in [7, 11) is 0. The highest BCUT2D eigenvalue weighted by Gasteiger charge is 2.29. The van der Waals surface area contributed by atoms with Crippen molar-refractivity contribution in [2.24, 2.45) is 0 Å². The third-order valence-electron chi connectivity index (χ3n) is 4.70. The third-order valence-corrected chi connectivity index (χ3v) is 4.70. The molecule has 0 bridgehead atoms. The maximum absolute atomic E-state index is 12.1. The monoisotopic (exact) mass is 346 g/mol. The van der Waals surface area contributed by atoms with Crippen molar-refractivity contribution in [1.82, 2.24) is 0 Å². The topological polar surface area (TPSA) is 35.5 Å². The van der Waals surface area contributed by atoms with E-state index in [1.807, 2.05) is 12.1 Å². The minimum Gasteiger partial charge on any atom is -0.488 e. The van der Waals surface area contributed by atoms with E-state index in [0.717, 1.165) is 44.3 Å². The zero-order chi connectivity index (χ0) is 18.3. The number of hydrogen-bond donors (Lipinski definition) is 0. The molecular weight excluding hydrogens is 312 g/mol. The molecule has 0 heterocycles. The average molecular weight is 347 g/mol. The highest BCUT2D eigenvalue weighted by Crippen LogP contribution is 2.36. The van der Waals surface area contributed by atoms with Gasteiger partial charge in [0.2, 0.25) is 0 Å². The largest absolute Gasteiger partial charge is 0.488 e. The number of carbonyl (C=O) groups is 1. The Balaban J connectivity index is 1.98. The van der Waals surface area contributed by atoms with Crippen molar-refractivity contribution in [1.29, 1.82) is 0 Å². The van der Waals surface area contributed by atoms with Crippen LogP contribution in [0.5, 0.6) is 5.75 Å². The molecule has 1 fully saturated rings. The highest BCUT2D eigenvalue weighted by atomic mass is 16.5. The Labute approximate surface area is 153 Å². The summed E-state index contributed by atoms with van der Waals surface area (Å²) in [6, 6.07) is 8.34. The van der Waals surface area contributed by atoms with Crippen LogP contribution < -0.4 is 4.74 Å². The van der Waals surface area contributed by atoms with Gasteiger partial charge in [-0.3, -0.25) is 4.79 Å². The molecule has 0 spiro atoms. The molecule has 1 aromatic rings. The minimum absolute atomic E-state index is 0.0252. The van der Waals surface area contributed by atoms with E-state index in [1.165, 1.54) is 12.0 Å². The lowest BCUT2D eigenvalue weighted by molar-refractivity contribution is -0.151. The Morgan fingerprint density at radius 3 is 2.40 bits per heavy atom. The van der Waals surface area contributed by atoms with Gasteiger partial charge in [-0.2, -0.15) is 0 Å². The first kappa shape index (κ1) is 19.8. The quantitative estimate of drug-likeness (QED) is 0.448. The zero-order valence-corrected chi connectivity index (χ0v) is 16.3. The molecule has 0 N–H and O–H groups in total. The molecule has 2 rings (SSSR count). The molecule has 0 radical (unpaired) electrons. The molecule has 3 heteroatoms. The van der Waals surface area contributed by atoms with Crippen LogP contribution in [0.1, 0.15) is 90.5 Å². The van der Waals surface area contributed by atoms with Gasteiger partial charge < -0.3 is 9.47 Å². The van der Waals surface area contributed by atoms with Crippen LogP contribution in [0, 0.1) is 0 Å². The van der Waals surface area contributed by atoms with Crippen LogP contribution in [0.3, 0.4) is 0 Å². The Hall–Kier alpha value is -1.51. The first-order valence-electron chi connectivity index (χ1n) is 9.87. The van der Waals surface area contributed by atoms with Crippen molar-refractivity contribution >= 4 is 5.97 Å². The van der Waals surface area contributed by atoms with Gasteiger partial charge in [0.15, 0.2) is 0 Å². The summed E-state index contributed by atoms with van der Waals surface area (Å²) in [4.78, 5) is 12.1. The molecule has 1 aliphatic rings. The molecule has 0 aromatic heterocycles. The van der Waals surface area contributed by atoms with E-state index in [1.54, 1.807) is 0 Å². The smallest absolute Gasteiger partial charge is 0.306 e. The van der Waals surface area contributed by atoms with E-state index in [2.05, 4.69) is 39.8 Å². The molecule has 0 unspecified atom stereocenters. The van der Waals surface area contributed by atoms with E-state index in [4.69, 9.17) is 9.47 Å². The molecule has 1 aliphatic carbocycles. The van der Waals surface area contributed by atoms with Gasteiger partial charge in [0.25, 0.3) is 0 Å². The lowest BCUT2D eigenvalue weighted by Gasteiger charge is -2.32. The molecule has 1 aromatic carbocycles. The van der Waals surface area contributed by atoms with Crippen LogP contribution in [0.15, 0.2) is 24.3 Å². The first-order valence-corrected chi connectivity index (χ1v) is 9.87. The second-order valence-electron chi connectivity index (χ2n) is 8.16. The number of rotatable bonds is 7. The van der Waals surface area contributed by atoms with Crippen LogP contribution in [0.2, 0.25) is 0 Å². The second-order valence-corrected chi connectivity index (χ2v) is 8.16. The summed E-state index contributed by atoms with van der Waals surface area (Å²) in [6.07, 6.45) is 8.15. The van der Waals surface area contributed by atoms with Gasteiger partial charge >= 0.3 is 5.97 Å². The Morgan fingerprint density at radius 1 is 1.08 bits per heavy atom. The Kier molecular flexibility index (Phi) is 7.34. The van der Waals surface area contributed by atoms with Crippen molar-refractivity contribution in [3.8, 4) is 5.75 Å². The molecule has 3 nitrogen and oxygen atoms in total. The summed E-state index contributed by atoms with van der Waals surface area (Å²) in [6.45, 7) is 8.30. The summed E-state index contributed by atoms with van der Waals surface area (Å²) in [5.41, 5.74) is 1.07. The van der Waals surface area contributed by atoms with Gasteiger partial charge in [0.1, 0.15) is 17.5 Å². The standard InChI is InChI=1S/C22H34O3/c1-5-6-7-12-21(23)24-20-11-9-8-10-19(20)17-13-15-18(16-14-17)25-22(2,3)4/h13-16,19-20H,5-12H2,1-4H3/t19-,20+/m0/s1. The first-order chi connectivity index (χ1) is 11.9. The molecule has 1 saturated carbocycles. The molecule has 140 valence electrons. The number of hydrogen-bond acceptors (Lipinski definition) is 3. The van der Waals surface area contributed by atoms with Gasteiger partial charge in [-0.1, -0.05) is 38.3 Å². The average Bonchev–Trinajstić information content (AvgIpc) is 2.55. The highest BCUT2D eigenvalue weighted by molar-refractivity contribution is 5.69. The summed E-state index contributed by atoms with van der Waals surface area (Å²) < 4.78 is 11.8. The van der Waals surface area contributed by atoms with Crippen molar-refractivity contribution in [3.05, 3.63) is 29.8 Å². The van der Waals surface area contributed by atoms with E-state index < -0.39 is 0 Å². The molecule has 0 saturated heterocycles. The van der Waals surface area contributed by atoms with Crippen molar-refractivity contribution in [2.45, 2.75) is 96.7 Å². The van der Waals surface area contributed by atoms with Crippen LogP contribution >= 0.6 is 0 Å². The number of esters is 1. The molecular formula is C22H34O3. The maximum Gasteiger partial charge on any atom is 0.306 e. The fourth-order valence-electron chi connectivity index (χ4n) is 3.50. The van der Waals surface area contributed by atoms with Gasteiger partial charge in [-0.25, -0.2) is 0 Å². The Morgan fingerprint density at radius 2 is 1.76 bits per heavy atom. The third kappa shape index (κ3) is 6.72. The van der Waals surface area contributed by atoms with Crippen molar-refractivity contribution < 1.29 is 14.3 Å². The van der Waals surface area contributed by atoms with Gasteiger partial charge in [-0.15, -0.1) is 0 Å².